The summed E-state index contributed by atoms with van der Waals surface area (Å²) in [4.78, 5) is 19.0. The van der Waals surface area contributed by atoms with Gasteiger partial charge < -0.3 is 24.3 Å². The Labute approximate surface area is 166 Å². The van der Waals surface area contributed by atoms with Gasteiger partial charge in [0.05, 0.1) is 14.2 Å². The number of benzene rings is 1. The summed E-state index contributed by atoms with van der Waals surface area (Å²) in [6.07, 6.45) is 5.93. The smallest absolute Gasteiger partial charge is 0.321 e. The van der Waals surface area contributed by atoms with E-state index in [9.17, 15) is 4.79 Å². The number of rotatable bonds is 6. The normalized spacial score (nSPS) is 15.0. The molecule has 1 fully saturated rings. The molecule has 3 rings (SSSR count). The molecular formula is C21H30N4O3. The van der Waals surface area contributed by atoms with Gasteiger partial charge >= 0.3 is 6.03 Å². The van der Waals surface area contributed by atoms with Crippen molar-refractivity contribution in [2.45, 2.75) is 39.2 Å². The number of urea groups is 1. The second-order valence-corrected chi connectivity index (χ2v) is 7.52. The molecule has 7 nitrogen and oxygen atoms in total. The van der Waals surface area contributed by atoms with E-state index in [1.165, 1.54) is 0 Å². The van der Waals surface area contributed by atoms with Crippen LogP contribution in [0.5, 0.6) is 11.5 Å². The number of nitrogens with zero attached hydrogens (tertiary/aromatic N) is 3. The van der Waals surface area contributed by atoms with Crippen LogP contribution in [0.1, 0.15) is 38.4 Å². The highest BCUT2D eigenvalue weighted by Gasteiger charge is 2.24. The number of ether oxygens (including phenoxy) is 2. The number of likely N-dealkylation sites (tertiary alicyclic amines) is 1. The number of hydrogen-bond donors (Lipinski definition) is 1. The number of methoxy groups -OCH3 is 2. The van der Waals surface area contributed by atoms with Crippen LogP contribution in [-0.2, 0) is 6.54 Å². The number of nitrogens with one attached hydrogen (secondary N) is 1. The van der Waals surface area contributed by atoms with Gasteiger partial charge in [-0.1, -0.05) is 13.8 Å². The summed E-state index contributed by atoms with van der Waals surface area (Å²) in [7, 11) is 3.17. The molecule has 7 heteroatoms. The van der Waals surface area contributed by atoms with E-state index in [-0.39, 0.29) is 6.03 Å². The number of carbonyl (C=O) groups excluding carboxylic acids is 1. The van der Waals surface area contributed by atoms with Gasteiger partial charge in [-0.25, -0.2) is 9.78 Å². The molecule has 2 heterocycles. The molecule has 1 saturated heterocycles. The summed E-state index contributed by atoms with van der Waals surface area (Å²) in [6, 6.07) is 5.31. The molecule has 0 spiro atoms. The maximum Gasteiger partial charge on any atom is 0.321 e. The maximum absolute atomic E-state index is 12.6. The predicted molar refractivity (Wildman–Crippen MR) is 109 cm³/mol. The third-order valence-electron chi connectivity index (χ3n) is 5.26. The van der Waals surface area contributed by atoms with Crippen LogP contribution in [0.15, 0.2) is 30.6 Å². The highest BCUT2D eigenvalue weighted by atomic mass is 16.5. The molecule has 152 valence electrons. The summed E-state index contributed by atoms with van der Waals surface area (Å²) < 4.78 is 12.8. The van der Waals surface area contributed by atoms with Crippen molar-refractivity contribution >= 4 is 11.7 Å². The number of imidazole rings is 1. The fraction of sp³-hybridized carbons (Fsp3) is 0.524. The lowest BCUT2D eigenvalue weighted by Crippen LogP contribution is -2.41. The number of amides is 2. The zero-order valence-corrected chi connectivity index (χ0v) is 17.1. The maximum atomic E-state index is 12.6. The van der Waals surface area contributed by atoms with Crippen molar-refractivity contribution in [2.75, 3.05) is 32.6 Å². The Balaban J connectivity index is 1.53. The first-order valence-corrected chi connectivity index (χ1v) is 9.80. The molecule has 0 aliphatic carbocycles. The van der Waals surface area contributed by atoms with E-state index in [0.717, 1.165) is 38.3 Å². The Morgan fingerprint density at radius 1 is 1.21 bits per heavy atom. The number of aromatic nitrogens is 2. The average molecular weight is 386 g/mol. The van der Waals surface area contributed by atoms with E-state index >= 15 is 0 Å². The van der Waals surface area contributed by atoms with Crippen molar-refractivity contribution in [1.29, 1.82) is 0 Å². The lowest BCUT2D eigenvalue weighted by Gasteiger charge is -2.32. The van der Waals surface area contributed by atoms with Gasteiger partial charge in [0.15, 0.2) is 11.5 Å². The van der Waals surface area contributed by atoms with Crippen LogP contribution < -0.4 is 14.8 Å². The predicted octanol–water partition coefficient (Wildman–Crippen LogP) is 3.97. The van der Waals surface area contributed by atoms with Gasteiger partial charge in [-0.3, -0.25) is 0 Å². The molecule has 1 N–H and O–H groups in total. The van der Waals surface area contributed by atoms with Crippen LogP contribution in [0.4, 0.5) is 10.5 Å². The fourth-order valence-electron chi connectivity index (χ4n) is 3.69. The zero-order chi connectivity index (χ0) is 20.1. The number of hydrogen-bond acceptors (Lipinski definition) is 4. The summed E-state index contributed by atoms with van der Waals surface area (Å²) in [6.45, 7) is 6.82. The quantitative estimate of drug-likeness (QED) is 0.816. The molecule has 2 aromatic rings. The minimum absolute atomic E-state index is 0.0730. The molecule has 1 aliphatic heterocycles. The van der Waals surface area contributed by atoms with E-state index in [0.29, 0.717) is 29.0 Å². The molecular weight excluding hydrogens is 356 g/mol. The van der Waals surface area contributed by atoms with Gasteiger partial charge in [0.2, 0.25) is 0 Å². The molecule has 0 unspecified atom stereocenters. The summed E-state index contributed by atoms with van der Waals surface area (Å²) in [5.74, 6) is 3.36. The van der Waals surface area contributed by atoms with E-state index in [1.807, 2.05) is 17.2 Å². The van der Waals surface area contributed by atoms with E-state index in [1.54, 1.807) is 26.4 Å². The van der Waals surface area contributed by atoms with Gasteiger partial charge in [0.25, 0.3) is 0 Å². The first-order valence-electron chi connectivity index (χ1n) is 9.80. The summed E-state index contributed by atoms with van der Waals surface area (Å²) >= 11 is 0. The number of anilines is 1. The molecule has 28 heavy (non-hydrogen) atoms. The number of carbonyl (C=O) groups is 1. The molecule has 0 atom stereocenters. The van der Waals surface area contributed by atoms with E-state index < -0.39 is 0 Å². The SMILES string of the molecule is COc1ccc(NC(=O)N2CCC(Cn3ccnc3C(C)C)CC2)cc1OC. The lowest BCUT2D eigenvalue weighted by atomic mass is 9.96. The van der Waals surface area contributed by atoms with Crippen molar-refractivity contribution in [3.63, 3.8) is 0 Å². The first-order chi connectivity index (χ1) is 13.5. The first kappa shape index (κ1) is 20.0. The van der Waals surface area contributed by atoms with Crippen molar-refractivity contribution in [1.82, 2.24) is 14.5 Å². The Hall–Kier alpha value is -2.70. The minimum atomic E-state index is -0.0730. The fourth-order valence-corrected chi connectivity index (χ4v) is 3.69. The largest absolute Gasteiger partial charge is 0.493 e. The average Bonchev–Trinajstić information content (AvgIpc) is 3.16. The Bertz CT molecular complexity index is 795. The van der Waals surface area contributed by atoms with Crippen LogP contribution >= 0.6 is 0 Å². The summed E-state index contributed by atoms with van der Waals surface area (Å²) in [5, 5.41) is 2.96. The van der Waals surface area contributed by atoms with Crippen molar-refractivity contribution in [3.05, 3.63) is 36.4 Å². The standard InChI is InChI=1S/C21H30N4O3/c1-15(2)20-22-9-12-25(20)14-16-7-10-24(11-8-16)21(26)23-17-5-6-18(27-3)19(13-17)28-4/h5-6,9,12-13,15-16H,7-8,10-11,14H2,1-4H3,(H,23,26). The Kier molecular flexibility index (Phi) is 6.44. The van der Waals surface area contributed by atoms with Gasteiger partial charge in [-0.2, -0.15) is 0 Å². The topological polar surface area (TPSA) is 68.6 Å². The monoisotopic (exact) mass is 386 g/mol. The van der Waals surface area contributed by atoms with Crippen molar-refractivity contribution in [2.24, 2.45) is 5.92 Å². The van der Waals surface area contributed by atoms with Crippen molar-refractivity contribution < 1.29 is 14.3 Å². The van der Waals surface area contributed by atoms with Crippen molar-refractivity contribution in [3.8, 4) is 11.5 Å². The van der Waals surface area contributed by atoms with Gasteiger partial charge in [-0.05, 0) is 30.9 Å². The zero-order valence-electron chi connectivity index (χ0n) is 17.1. The third kappa shape index (κ3) is 4.58. The van der Waals surface area contributed by atoms with Crippen LogP contribution in [0.25, 0.3) is 0 Å². The Morgan fingerprint density at radius 3 is 2.57 bits per heavy atom. The van der Waals surface area contributed by atoms with E-state index in [2.05, 4.69) is 34.9 Å². The molecule has 1 aliphatic rings. The highest BCUT2D eigenvalue weighted by Crippen LogP contribution is 2.30. The molecule has 0 radical (unpaired) electrons. The van der Waals surface area contributed by atoms with Gasteiger partial charge in [0, 0.05) is 49.7 Å². The number of piperidine rings is 1. The van der Waals surface area contributed by atoms with Crippen LogP contribution in [0.2, 0.25) is 0 Å². The van der Waals surface area contributed by atoms with E-state index in [4.69, 9.17) is 9.47 Å². The second-order valence-electron chi connectivity index (χ2n) is 7.52. The van der Waals surface area contributed by atoms with Crippen LogP contribution in [0.3, 0.4) is 0 Å². The molecule has 2 amide bonds. The third-order valence-corrected chi connectivity index (χ3v) is 5.26. The lowest BCUT2D eigenvalue weighted by molar-refractivity contribution is 0.176. The van der Waals surface area contributed by atoms with Gasteiger partial charge in [-0.15, -0.1) is 0 Å². The van der Waals surface area contributed by atoms with Crippen LogP contribution in [-0.4, -0.2) is 47.8 Å². The van der Waals surface area contributed by atoms with Crippen LogP contribution in [0, 0.1) is 5.92 Å². The van der Waals surface area contributed by atoms with Gasteiger partial charge in [0.1, 0.15) is 5.82 Å². The molecule has 0 bridgehead atoms. The highest BCUT2D eigenvalue weighted by molar-refractivity contribution is 5.89. The molecule has 1 aromatic heterocycles. The Morgan fingerprint density at radius 2 is 1.93 bits per heavy atom. The molecule has 0 saturated carbocycles. The molecule has 1 aromatic carbocycles. The second kappa shape index (κ2) is 8.99. The minimum Gasteiger partial charge on any atom is -0.493 e. The summed E-state index contributed by atoms with van der Waals surface area (Å²) in [5.41, 5.74) is 0.699.